The number of carbonyl (C=O) groups excluding carboxylic acids is 1. The molecule has 0 aromatic rings. The van der Waals surface area contributed by atoms with Crippen molar-refractivity contribution in [1.82, 2.24) is 0 Å². The number of allylic oxidation sites excluding steroid dienone is 7. The second-order valence-corrected chi connectivity index (χ2v) is 9.89. The molecule has 1 fully saturated rings. The van der Waals surface area contributed by atoms with E-state index in [2.05, 4.69) is 0 Å². The zero-order valence-electron chi connectivity index (χ0n) is 22.9. The molecule has 10 heteroatoms. The van der Waals surface area contributed by atoms with Crippen LogP contribution >= 0.6 is 0 Å². The molecule has 9 atom stereocenters. The molecule has 224 valence electrons. The summed E-state index contributed by atoms with van der Waals surface area (Å²) in [5, 5.41) is 60.2. The highest BCUT2D eigenvalue weighted by Crippen LogP contribution is 2.24. The minimum absolute atomic E-state index is 0.183. The van der Waals surface area contributed by atoms with Crippen LogP contribution in [0.25, 0.3) is 0 Å². The van der Waals surface area contributed by atoms with Crippen molar-refractivity contribution in [1.29, 1.82) is 0 Å². The van der Waals surface area contributed by atoms with Gasteiger partial charge in [-0.1, -0.05) is 66.8 Å². The van der Waals surface area contributed by atoms with Gasteiger partial charge in [-0.15, -0.1) is 0 Å². The van der Waals surface area contributed by atoms with Gasteiger partial charge in [-0.3, -0.25) is 0 Å². The molecular weight excluding hydrogens is 520 g/mol. The Morgan fingerprint density at radius 3 is 2.35 bits per heavy atom. The normalized spacial score (nSPS) is 40.6. The molecule has 2 aliphatic rings. The Labute approximate surface area is 235 Å². The fourth-order valence-electron chi connectivity index (χ4n) is 4.10. The van der Waals surface area contributed by atoms with Crippen LogP contribution in [0.3, 0.4) is 0 Å². The maximum absolute atomic E-state index is 12.1. The molecule has 0 aromatic carbocycles. The Kier molecular flexibility index (Phi) is 15.9. The van der Waals surface area contributed by atoms with E-state index in [1.54, 1.807) is 54.7 Å². The van der Waals surface area contributed by atoms with Crippen LogP contribution in [-0.2, 0) is 19.0 Å². The Morgan fingerprint density at radius 2 is 1.57 bits per heavy atom. The summed E-state index contributed by atoms with van der Waals surface area (Å²) in [6.45, 7) is 1.26. The first-order chi connectivity index (χ1) is 19.2. The topological polar surface area (TPSA) is 166 Å². The average molecular weight is 565 g/mol. The first kappa shape index (κ1) is 33.8. The van der Waals surface area contributed by atoms with E-state index >= 15 is 0 Å². The van der Waals surface area contributed by atoms with Gasteiger partial charge in [-0.05, 0) is 39.0 Å². The minimum Gasteiger partial charge on any atom is -0.460 e. The third kappa shape index (κ3) is 12.8. The fourth-order valence-corrected chi connectivity index (χ4v) is 4.10. The lowest BCUT2D eigenvalue weighted by molar-refractivity contribution is -0.307. The first-order valence-corrected chi connectivity index (χ1v) is 13.7. The molecule has 2 rings (SSSR count). The zero-order chi connectivity index (χ0) is 29.3. The van der Waals surface area contributed by atoms with Crippen molar-refractivity contribution in [2.45, 2.75) is 101 Å². The van der Waals surface area contributed by atoms with E-state index in [1.807, 2.05) is 19.1 Å². The van der Waals surface area contributed by atoms with Crippen molar-refractivity contribution < 1.29 is 49.6 Å². The van der Waals surface area contributed by atoms with Crippen LogP contribution in [0.2, 0.25) is 0 Å². The van der Waals surface area contributed by atoms with E-state index < -0.39 is 61.6 Å². The molecule has 0 unspecified atom stereocenters. The average Bonchev–Trinajstić information content (AvgIpc) is 2.91. The molecule has 0 radical (unpaired) electrons. The van der Waals surface area contributed by atoms with Crippen LogP contribution in [0.15, 0.2) is 72.9 Å². The van der Waals surface area contributed by atoms with Gasteiger partial charge in [0.25, 0.3) is 0 Å². The van der Waals surface area contributed by atoms with Crippen LogP contribution in [0.5, 0.6) is 0 Å². The molecule has 0 bridgehead atoms. The van der Waals surface area contributed by atoms with Crippen molar-refractivity contribution in [3.63, 3.8) is 0 Å². The summed E-state index contributed by atoms with van der Waals surface area (Å²) in [5.74, 6) is -0.458. The van der Waals surface area contributed by atoms with Gasteiger partial charge in [0.05, 0.1) is 31.0 Å². The maximum Gasteiger partial charge on any atom is 0.331 e. The smallest absolute Gasteiger partial charge is 0.331 e. The second kappa shape index (κ2) is 18.8. The third-order valence-corrected chi connectivity index (χ3v) is 6.38. The summed E-state index contributed by atoms with van der Waals surface area (Å²) >= 11 is 0. The Balaban J connectivity index is 2.12. The number of aliphatic hydroxyl groups excluding tert-OH is 6. The first-order valence-electron chi connectivity index (χ1n) is 13.7. The van der Waals surface area contributed by atoms with Crippen molar-refractivity contribution in [3.05, 3.63) is 72.9 Å². The molecule has 0 amide bonds. The molecule has 2 heterocycles. The molecular formula is C30H44O10. The molecule has 0 saturated carbocycles. The summed E-state index contributed by atoms with van der Waals surface area (Å²) < 4.78 is 16.7. The number of cyclic esters (lactones) is 1. The van der Waals surface area contributed by atoms with Crippen molar-refractivity contribution in [3.8, 4) is 0 Å². The number of esters is 1. The zero-order valence-corrected chi connectivity index (χ0v) is 22.9. The molecule has 2 aliphatic heterocycles. The third-order valence-electron chi connectivity index (χ3n) is 6.38. The minimum atomic E-state index is -1.57. The van der Waals surface area contributed by atoms with E-state index in [0.29, 0.717) is 19.3 Å². The van der Waals surface area contributed by atoms with Gasteiger partial charge >= 0.3 is 5.97 Å². The summed E-state index contributed by atoms with van der Waals surface area (Å²) in [5.41, 5.74) is 0. The standard InChI is InChI=1S/C30H44O10/c1-21-13-7-3-2-4-8-14-22(32)19-23(33)15-9-5-10-16-24(17-11-6-12-18-26(34)38-21)39-30-29(37)28(36)27(35)25(20-31)40-30/h2,4-6,8-12,14,16,18,21-25,27-33,35-37H,3,7,13,15,17,19-20H2,1H3/b4-2-,9-5-,11-6+,14-8+,16-10+,18-12-/t21-,22+,23+,24-,25-,27-,28+,29-,30-/m1/s1. The van der Waals surface area contributed by atoms with E-state index in [0.717, 1.165) is 12.8 Å². The largest absolute Gasteiger partial charge is 0.460 e. The van der Waals surface area contributed by atoms with Crippen LogP contribution in [0.4, 0.5) is 0 Å². The summed E-state index contributed by atoms with van der Waals surface area (Å²) in [6.07, 6.45) is 13.9. The highest BCUT2D eigenvalue weighted by atomic mass is 16.7. The highest BCUT2D eigenvalue weighted by molar-refractivity contribution is 5.82. The molecule has 1 saturated heterocycles. The second-order valence-electron chi connectivity index (χ2n) is 9.89. The van der Waals surface area contributed by atoms with Crippen molar-refractivity contribution >= 4 is 5.97 Å². The van der Waals surface area contributed by atoms with Crippen LogP contribution in [0.1, 0.15) is 45.4 Å². The molecule has 6 N–H and O–H groups in total. The van der Waals surface area contributed by atoms with Crippen LogP contribution < -0.4 is 0 Å². The van der Waals surface area contributed by atoms with E-state index in [1.165, 1.54) is 6.08 Å². The lowest BCUT2D eigenvalue weighted by Gasteiger charge is -2.40. The van der Waals surface area contributed by atoms with E-state index in [-0.39, 0.29) is 12.5 Å². The Bertz CT molecular complexity index is 906. The van der Waals surface area contributed by atoms with Crippen LogP contribution in [-0.4, -0.2) is 98.3 Å². The Morgan fingerprint density at radius 1 is 0.875 bits per heavy atom. The number of rotatable bonds is 3. The summed E-state index contributed by atoms with van der Waals surface area (Å²) in [7, 11) is 0. The van der Waals surface area contributed by atoms with Crippen molar-refractivity contribution in [2.75, 3.05) is 6.61 Å². The predicted octanol–water partition coefficient (Wildman–Crippen LogP) is 1.52. The SMILES string of the molecule is C[C@@H]1CCC/C=C\C=C\[C@H](O)C[C@@H](O)C/C=C\C=C\[C@@H](O[C@@H]2O[C@H](CO)[C@@H](O)[C@H](O)[C@H]2O)C/C=C/C=C\C(=O)O1. The number of hydrogen-bond acceptors (Lipinski definition) is 10. The molecule has 0 spiro atoms. The van der Waals surface area contributed by atoms with Crippen LogP contribution in [0, 0.1) is 0 Å². The van der Waals surface area contributed by atoms with Gasteiger partial charge in [-0.2, -0.15) is 0 Å². The quantitative estimate of drug-likeness (QED) is 0.277. The van der Waals surface area contributed by atoms with Gasteiger partial charge in [-0.25, -0.2) is 4.79 Å². The highest BCUT2D eigenvalue weighted by Gasteiger charge is 2.44. The van der Waals surface area contributed by atoms with Gasteiger partial charge in [0.2, 0.25) is 0 Å². The Hall–Kier alpha value is -2.41. The summed E-state index contributed by atoms with van der Waals surface area (Å²) in [6, 6.07) is 0. The van der Waals surface area contributed by atoms with E-state index in [4.69, 9.17) is 14.2 Å². The van der Waals surface area contributed by atoms with Gasteiger partial charge in [0.1, 0.15) is 24.4 Å². The van der Waals surface area contributed by atoms with E-state index in [9.17, 15) is 35.4 Å². The number of carbonyl (C=O) groups is 1. The molecule has 10 nitrogen and oxygen atoms in total. The summed E-state index contributed by atoms with van der Waals surface area (Å²) in [4.78, 5) is 12.1. The fraction of sp³-hybridized carbons (Fsp3) is 0.567. The lowest BCUT2D eigenvalue weighted by atomic mass is 9.99. The number of ether oxygens (including phenoxy) is 3. The monoisotopic (exact) mass is 564 g/mol. The molecule has 0 aliphatic carbocycles. The number of hydrogen-bond donors (Lipinski definition) is 6. The molecule has 0 aromatic heterocycles. The molecule has 40 heavy (non-hydrogen) atoms. The van der Waals surface area contributed by atoms with Gasteiger partial charge < -0.3 is 44.8 Å². The maximum atomic E-state index is 12.1. The predicted molar refractivity (Wildman–Crippen MR) is 149 cm³/mol. The lowest BCUT2D eigenvalue weighted by Crippen LogP contribution is -2.59. The number of aliphatic hydroxyl groups is 6. The van der Waals surface area contributed by atoms with Crippen molar-refractivity contribution in [2.24, 2.45) is 0 Å². The van der Waals surface area contributed by atoms with Gasteiger partial charge in [0, 0.05) is 12.5 Å². The van der Waals surface area contributed by atoms with Gasteiger partial charge in [0.15, 0.2) is 6.29 Å².